The van der Waals surface area contributed by atoms with Gasteiger partial charge >= 0.3 is 0 Å². The van der Waals surface area contributed by atoms with Crippen LogP contribution < -0.4 is 0 Å². The lowest BCUT2D eigenvalue weighted by atomic mass is 9.75. The molecule has 1 aromatic carbocycles. The number of fused-ring (bicyclic) bond motifs is 3. The predicted octanol–water partition coefficient (Wildman–Crippen LogP) is 1.71. The lowest BCUT2D eigenvalue weighted by Crippen LogP contribution is -2.57. The molecule has 0 aliphatic carbocycles. The third-order valence-electron chi connectivity index (χ3n) is 6.35. The zero-order valence-corrected chi connectivity index (χ0v) is 17.7. The van der Waals surface area contributed by atoms with E-state index in [4.69, 9.17) is 0 Å². The minimum Gasteiger partial charge on any atom is -0.349 e. The van der Waals surface area contributed by atoms with E-state index in [1.165, 1.54) is 5.56 Å². The summed E-state index contributed by atoms with van der Waals surface area (Å²) in [5.74, 6) is 0.940. The van der Waals surface area contributed by atoms with E-state index >= 15 is 0 Å². The maximum Gasteiger partial charge on any atom is 0.226 e. The van der Waals surface area contributed by atoms with Crippen molar-refractivity contribution < 1.29 is 4.79 Å². The molecule has 7 nitrogen and oxygen atoms in total. The van der Waals surface area contributed by atoms with Crippen molar-refractivity contribution in [1.29, 1.82) is 0 Å². The highest BCUT2D eigenvalue weighted by Gasteiger charge is 2.43. The van der Waals surface area contributed by atoms with E-state index in [2.05, 4.69) is 57.6 Å². The summed E-state index contributed by atoms with van der Waals surface area (Å²) in [5.41, 5.74) is 2.30. The van der Waals surface area contributed by atoms with Crippen molar-refractivity contribution >= 4 is 5.91 Å². The second kappa shape index (κ2) is 8.63. The maximum atomic E-state index is 12.5. The third-order valence-corrected chi connectivity index (χ3v) is 6.35. The fraction of sp³-hybridized carbons (Fsp3) is 0.591. The van der Waals surface area contributed by atoms with Crippen molar-refractivity contribution in [3.8, 4) is 0 Å². The van der Waals surface area contributed by atoms with Crippen molar-refractivity contribution in [2.75, 3.05) is 34.2 Å². The Labute approximate surface area is 173 Å². The number of carbonyl (C=O) groups excluding carboxylic acids is 1. The summed E-state index contributed by atoms with van der Waals surface area (Å²) in [6.45, 7) is 4.51. The Morgan fingerprint density at radius 2 is 1.97 bits per heavy atom. The van der Waals surface area contributed by atoms with Crippen molar-refractivity contribution in [2.45, 2.75) is 38.5 Å². The summed E-state index contributed by atoms with van der Waals surface area (Å²) in [7, 11) is 5.84. The van der Waals surface area contributed by atoms with Gasteiger partial charge in [0.15, 0.2) is 0 Å². The van der Waals surface area contributed by atoms with Gasteiger partial charge in [-0.2, -0.15) is 0 Å². The van der Waals surface area contributed by atoms with Crippen LogP contribution in [0.5, 0.6) is 0 Å². The second-order valence-electron chi connectivity index (χ2n) is 8.86. The molecule has 1 unspecified atom stereocenters. The van der Waals surface area contributed by atoms with Crippen molar-refractivity contribution in [3.63, 3.8) is 0 Å². The lowest BCUT2D eigenvalue weighted by molar-refractivity contribution is -0.141. The largest absolute Gasteiger partial charge is 0.349 e. The van der Waals surface area contributed by atoms with Crippen molar-refractivity contribution in [1.82, 2.24) is 29.7 Å². The predicted molar refractivity (Wildman–Crippen MR) is 112 cm³/mol. The Bertz CT molecular complexity index is 820. The van der Waals surface area contributed by atoms with Crippen LogP contribution in [0.3, 0.4) is 0 Å². The van der Waals surface area contributed by atoms with Crippen LogP contribution in [0.25, 0.3) is 0 Å². The molecule has 1 aromatic heterocycles. The topological polar surface area (TPSA) is 57.5 Å². The van der Waals surface area contributed by atoms with Crippen LogP contribution in [0.15, 0.2) is 36.5 Å². The quantitative estimate of drug-likeness (QED) is 0.713. The van der Waals surface area contributed by atoms with Crippen LogP contribution in [-0.4, -0.2) is 75.9 Å². The van der Waals surface area contributed by atoms with Gasteiger partial charge < -0.3 is 4.90 Å². The molecule has 4 atom stereocenters. The van der Waals surface area contributed by atoms with Crippen LogP contribution in [0, 0.1) is 11.8 Å². The molecular formula is C22H32N6O. The molecule has 3 aliphatic rings. The number of hydrogen-bond acceptors (Lipinski definition) is 5. The molecule has 3 fully saturated rings. The fourth-order valence-corrected chi connectivity index (χ4v) is 4.88. The summed E-state index contributed by atoms with van der Waals surface area (Å²) in [4.78, 5) is 18.9. The van der Waals surface area contributed by atoms with Gasteiger partial charge in [-0.3, -0.25) is 19.3 Å². The standard InChI is InChI=1S/C22H32N6O/c1-25(2)22(29)21-16-27-10-9-18(21)11-20(27)15-28-14-19(23-24-28)13-26(3)12-17-7-5-4-6-8-17/h4-8,14,18,20-21H,9-13,15-16H2,1-3H3/t18-,20+,21+/m0/s1. The molecule has 5 rings (SSSR count). The van der Waals surface area contributed by atoms with Gasteiger partial charge in [-0.15, -0.1) is 5.10 Å². The van der Waals surface area contributed by atoms with Gasteiger partial charge in [0.05, 0.1) is 18.2 Å². The van der Waals surface area contributed by atoms with Gasteiger partial charge in [0.1, 0.15) is 0 Å². The van der Waals surface area contributed by atoms with E-state index in [1.54, 1.807) is 4.90 Å². The second-order valence-corrected chi connectivity index (χ2v) is 8.86. The molecule has 0 radical (unpaired) electrons. The number of rotatable bonds is 7. The highest BCUT2D eigenvalue weighted by molar-refractivity contribution is 5.79. The number of aromatic nitrogens is 3. The van der Waals surface area contributed by atoms with Gasteiger partial charge in [0.25, 0.3) is 0 Å². The maximum absolute atomic E-state index is 12.5. The van der Waals surface area contributed by atoms with E-state index in [0.717, 1.165) is 51.3 Å². The fourth-order valence-electron chi connectivity index (χ4n) is 4.88. The first-order valence-corrected chi connectivity index (χ1v) is 10.6. The zero-order valence-electron chi connectivity index (χ0n) is 17.7. The molecule has 2 aromatic rings. The minimum absolute atomic E-state index is 0.160. The summed E-state index contributed by atoms with van der Waals surface area (Å²) >= 11 is 0. The Balaban J connectivity index is 1.31. The van der Waals surface area contributed by atoms with Crippen LogP contribution in [-0.2, 0) is 24.4 Å². The Morgan fingerprint density at radius 1 is 1.17 bits per heavy atom. The highest BCUT2D eigenvalue weighted by atomic mass is 16.2. The van der Waals surface area contributed by atoms with Gasteiger partial charge in [0.2, 0.25) is 5.91 Å². The molecule has 3 saturated heterocycles. The normalized spacial score (nSPS) is 26.1. The smallest absolute Gasteiger partial charge is 0.226 e. The minimum atomic E-state index is 0.160. The third kappa shape index (κ3) is 4.67. The van der Waals surface area contributed by atoms with E-state index in [1.807, 2.05) is 24.8 Å². The molecule has 4 heterocycles. The van der Waals surface area contributed by atoms with Gasteiger partial charge in [0, 0.05) is 46.0 Å². The number of benzene rings is 1. The van der Waals surface area contributed by atoms with Crippen LogP contribution in [0.4, 0.5) is 0 Å². The lowest BCUT2D eigenvalue weighted by Gasteiger charge is -2.49. The molecule has 156 valence electrons. The van der Waals surface area contributed by atoms with Crippen molar-refractivity contribution in [3.05, 3.63) is 47.8 Å². The molecule has 2 bridgehead atoms. The van der Waals surface area contributed by atoms with Gasteiger partial charge in [-0.1, -0.05) is 35.5 Å². The Kier molecular flexibility index (Phi) is 5.96. The van der Waals surface area contributed by atoms with Gasteiger partial charge in [-0.05, 0) is 37.9 Å². The molecule has 7 heteroatoms. The van der Waals surface area contributed by atoms with Crippen LogP contribution in [0.1, 0.15) is 24.1 Å². The highest BCUT2D eigenvalue weighted by Crippen LogP contribution is 2.37. The molecule has 0 saturated carbocycles. The van der Waals surface area contributed by atoms with Gasteiger partial charge in [-0.25, -0.2) is 0 Å². The molecule has 29 heavy (non-hydrogen) atoms. The van der Waals surface area contributed by atoms with Crippen LogP contribution in [0.2, 0.25) is 0 Å². The number of hydrogen-bond donors (Lipinski definition) is 0. The van der Waals surface area contributed by atoms with E-state index in [9.17, 15) is 4.79 Å². The SMILES string of the molecule is CN(Cc1ccccc1)Cc1cn(C[C@H]2C[C@@H]3CCN2C[C@H]3C(=O)N(C)C)nn1. The summed E-state index contributed by atoms with van der Waals surface area (Å²) in [6.07, 6.45) is 4.29. The first-order valence-electron chi connectivity index (χ1n) is 10.6. The average molecular weight is 397 g/mol. The molecule has 0 N–H and O–H groups in total. The monoisotopic (exact) mass is 396 g/mol. The molecular weight excluding hydrogens is 364 g/mol. The number of nitrogens with zero attached hydrogens (tertiary/aromatic N) is 6. The molecule has 1 amide bonds. The number of amides is 1. The Morgan fingerprint density at radius 3 is 2.66 bits per heavy atom. The summed E-state index contributed by atoms with van der Waals surface area (Å²) in [5, 5.41) is 8.76. The average Bonchev–Trinajstić information content (AvgIpc) is 3.15. The van der Waals surface area contributed by atoms with Crippen LogP contribution >= 0.6 is 0 Å². The first-order chi connectivity index (χ1) is 14.0. The molecule has 3 aliphatic heterocycles. The van der Waals surface area contributed by atoms with E-state index in [0.29, 0.717) is 12.0 Å². The van der Waals surface area contributed by atoms with E-state index in [-0.39, 0.29) is 11.8 Å². The first kappa shape index (κ1) is 20.0. The van der Waals surface area contributed by atoms with Crippen molar-refractivity contribution in [2.24, 2.45) is 11.8 Å². The Hall–Kier alpha value is -2.25. The summed E-state index contributed by atoms with van der Waals surface area (Å²) < 4.78 is 1.99. The van der Waals surface area contributed by atoms with E-state index < -0.39 is 0 Å². The zero-order chi connectivity index (χ0) is 20.4. The summed E-state index contributed by atoms with van der Waals surface area (Å²) in [6, 6.07) is 10.9. The number of piperidine rings is 3. The molecule has 0 spiro atoms. The number of carbonyl (C=O) groups is 1.